The quantitative estimate of drug-likeness (QED) is 0.159. The van der Waals surface area contributed by atoms with Gasteiger partial charge in [-0.2, -0.15) is 0 Å². The molecule has 2 heteroatoms. The molecule has 1 nitrogen and oxygen atoms in total. The summed E-state index contributed by atoms with van der Waals surface area (Å²) in [5, 5.41) is 4.44. The first-order valence-electron chi connectivity index (χ1n) is 16.8. The van der Waals surface area contributed by atoms with Crippen molar-refractivity contribution in [1.82, 2.24) is 0 Å². The molecule has 0 spiro atoms. The molecule has 2 saturated carbocycles. The molecule has 0 aliphatic heterocycles. The van der Waals surface area contributed by atoms with E-state index in [2.05, 4.69) is 118 Å². The van der Waals surface area contributed by atoms with Gasteiger partial charge in [0.2, 0.25) is 5.69 Å². The topological polar surface area (TPSA) is 3.88 Å². The van der Waals surface area contributed by atoms with E-state index in [1.807, 2.05) is 0 Å². The Bertz CT molecular complexity index is 1550. The predicted octanol–water partition coefficient (Wildman–Crippen LogP) is 10.2. The highest BCUT2D eigenvalue weighted by molar-refractivity contribution is 6.92. The Hall–Kier alpha value is -2.71. The van der Waals surface area contributed by atoms with Gasteiger partial charge in [-0.1, -0.05) is 119 Å². The number of hydrogen-bond donors (Lipinski definition) is 0. The van der Waals surface area contributed by atoms with Crippen LogP contribution in [0, 0.1) is 6.92 Å². The van der Waals surface area contributed by atoms with Gasteiger partial charge in [-0.15, -0.1) is 0 Å². The Morgan fingerprint density at radius 3 is 2.05 bits per heavy atom. The summed E-state index contributed by atoms with van der Waals surface area (Å²) in [5.41, 5.74) is 9.11. The number of aromatic nitrogens is 1. The van der Waals surface area contributed by atoms with Crippen LogP contribution < -0.4 is 9.75 Å². The molecule has 0 saturated heterocycles. The van der Waals surface area contributed by atoms with E-state index in [1.165, 1.54) is 97.4 Å². The van der Waals surface area contributed by atoms with E-state index in [0.29, 0.717) is 0 Å². The summed E-state index contributed by atoms with van der Waals surface area (Å²) in [6.07, 6.45) is 16.1. The van der Waals surface area contributed by atoms with Gasteiger partial charge in [0.15, 0.2) is 6.20 Å². The van der Waals surface area contributed by atoms with Crippen molar-refractivity contribution in [3.05, 3.63) is 95.2 Å². The van der Waals surface area contributed by atoms with Crippen LogP contribution in [0.5, 0.6) is 0 Å². The average Bonchev–Trinajstić information content (AvgIpc) is 3.02. The third kappa shape index (κ3) is 5.30. The molecule has 1 aromatic heterocycles. The van der Waals surface area contributed by atoms with Crippen LogP contribution in [-0.2, 0) is 12.1 Å². The van der Waals surface area contributed by atoms with Crippen molar-refractivity contribution in [1.29, 1.82) is 0 Å². The monoisotopic (exact) mass is 574 g/mol. The lowest BCUT2D eigenvalue weighted by molar-refractivity contribution is -0.659. The lowest BCUT2D eigenvalue weighted by atomic mass is 9.76. The van der Waals surface area contributed by atoms with Gasteiger partial charge in [-0.25, -0.2) is 4.57 Å². The summed E-state index contributed by atoms with van der Waals surface area (Å²) in [5.74, 6) is 1.44. The first-order chi connectivity index (χ1) is 20.2. The normalized spacial score (nSPS) is 17.6. The van der Waals surface area contributed by atoms with E-state index >= 15 is 0 Å². The van der Waals surface area contributed by atoms with Crippen LogP contribution in [-0.4, -0.2) is 8.07 Å². The Balaban J connectivity index is 1.49. The smallest absolute Gasteiger partial charge is 0.200 e. The molecule has 0 amide bonds. The molecule has 0 radical (unpaired) electrons. The summed E-state index contributed by atoms with van der Waals surface area (Å²) in [4.78, 5) is 0. The highest BCUT2D eigenvalue weighted by Crippen LogP contribution is 2.43. The minimum atomic E-state index is -1.86. The van der Waals surface area contributed by atoms with Crippen LogP contribution in [0.2, 0.25) is 13.1 Å². The van der Waals surface area contributed by atoms with Gasteiger partial charge < -0.3 is 0 Å². The molecule has 6 rings (SSSR count). The summed E-state index contributed by atoms with van der Waals surface area (Å²) in [6, 6.07) is 26.3. The fraction of sp³-hybridized carbons (Fsp3) is 0.475. The second-order valence-corrected chi connectivity index (χ2v) is 19.7. The van der Waals surface area contributed by atoms with Crippen molar-refractivity contribution < 1.29 is 4.57 Å². The maximum atomic E-state index is 2.66. The van der Waals surface area contributed by atoms with Gasteiger partial charge in [-0.05, 0) is 89.3 Å². The van der Waals surface area contributed by atoms with Gasteiger partial charge in [0.1, 0.15) is 7.05 Å². The SMILES string of the molecule is Cc1c(-c2c3ccc([Si](C)(C)C(C)(C)c4ccccc4)cc3cc[n+]2C)cc(C2CCCCC2)cc1C1CCCCC1. The Morgan fingerprint density at radius 2 is 1.38 bits per heavy atom. The van der Waals surface area contributed by atoms with Crippen molar-refractivity contribution in [3.8, 4) is 11.3 Å². The third-order valence-corrected chi connectivity index (χ3v) is 16.9. The maximum Gasteiger partial charge on any atom is 0.220 e. The molecule has 2 fully saturated rings. The van der Waals surface area contributed by atoms with Gasteiger partial charge in [0.05, 0.1) is 19.0 Å². The van der Waals surface area contributed by atoms with Crippen LogP contribution >= 0.6 is 0 Å². The molecule has 0 atom stereocenters. The highest BCUT2D eigenvalue weighted by atomic mass is 28.3. The molecule has 1 heterocycles. The molecule has 3 aromatic carbocycles. The van der Waals surface area contributed by atoms with Gasteiger partial charge in [0, 0.05) is 6.07 Å². The van der Waals surface area contributed by atoms with E-state index in [-0.39, 0.29) is 5.04 Å². The van der Waals surface area contributed by atoms with Crippen molar-refractivity contribution in [2.75, 3.05) is 0 Å². The number of rotatable bonds is 6. The highest BCUT2D eigenvalue weighted by Gasteiger charge is 2.42. The molecule has 0 unspecified atom stereocenters. The predicted molar refractivity (Wildman–Crippen MR) is 184 cm³/mol. The zero-order chi connectivity index (χ0) is 29.5. The minimum absolute atomic E-state index is 0.129. The third-order valence-electron chi connectivity index (χ3n) is 11.8. The number of fused-ring (bicyclic) bond motifs is 1. The van der Waals surface area contributed by atoms with E-state index in [9.17, 15) is 0 Å². The second-order valence-electron chi connectivity index (χ2n) is 14.6. The minimum Gasteiger partial charge on any atom is -0.200 e. The largest absolute Gasteiger partial charge is 0.220 e. The van der Waals surface area contributed by atoms with Crippen molar-refractivity contribution in [3.63, 3.8) is 0 Å². The zero-order valence-electron chi connectivity index (χ0n) is 27.1. The molecule has 2 aliphatic rings. The number of benzene rings is 3. The first-order valence-corrected chi connectivity index (χ1v) is 19.8. The number of nitrogens with zero attached hydrogens (tertiary/aromatic N) is 1. The van der Waals surface area contributed by atoms with E-state index in [1.54, 1.807) is 16.3 Å². The lowest BCUT2D eigenvalue weighted by Crippen LogP contribution is -2.57. The summed E-state index contributed by atoms with van der Waals surface area (Å²) >= 11 is 0. The fourth-order valence-corrected chi connectivity index (χ4v) is 10.8. The molecule has 0 bridgehead atoms. The maximum absolute atomic E-state index is 2.66. The second kappa shape index (κ2) is 11.8. The van der Waals surface area contributed by atoms with Gasteiger partial charge in [-0.3, -0.25) is 0 Å². The van der Waals surface area contributed by atoms with Crippen molar-refractivity contribution in [2.45, 2.75) is 115 Å². The molecular weight excluding hydrogens is 523 g/mol. The fourth-order valence-electron chi connectivity index (χ4n) is 8.19. The number of aryl methyl sites for hydroxylation is 1. The Labute approximate surface area is 256 Å². The van der Waals surface area contributed by atoms with Crippen LogP contribution in [0.1, 0.15) is 112 Å². The molecule has 4 aromatic rings. The van der Waals surface area contributed by atoms with E-state index in [0.717, 1.165) is 11.8 Å². The summed E-state index contributed by atoms with van der Waals surface area (Å²) in [6.45, 7) is 12.5. The molecule has 220 valence electrons. The molecule has 0 N–H and O–H groups in total. The average molecular weight is 575 g/mol. The first kappa shape index (κ1) is 29.4. The van der Waals surface area contributed by atoms with Crippen molar-refractivity contribution in [2.24, 2.45) is 7.05 Å². The lowest BCUT2D eigenvalue weighted by Gasteiger charge is -2.41. The Kier molecular flexibility index (Phi) is 8.22. The van der Waals surface area contributed by atoms with Gasteiger partial charge >= 0.3 is 0 Å². The zero-order valence-corrected chi connectivity index (χ0v) is 28.1. The van der Waals surface area contributed by atoms with Crippen LogP contribution in [0.4, 0.5) is 0 Å². The van der Waals surface area contributed by atoms with E-state index < -0.39 is 8.07 Å². The number of hydrogen-bond acceptors (Lipinski definition) is 0. The summed E-state index contributed by atoms with van der Waals surface area (Å²) in [7, 11) is 0.401. The van der Waals surface area contributed by atoms with Crippen LogP contribution in [0.15, 0.2) is 72.9 Å². The molecular formula is C40H52NSi+. The number of pyridine rings is 1. The Morgan fingerprint density at radius 1 is 0.738 bits per heavy atom. The van der Waals surface area contributed by atoms with Crippen LogP contribution in [0.25, 0.3) is 22.0 Å². The summed E-state index contributed by atoms with van der Waals surface area (Å²) < 4.78 is 2.40. The van der Waals surface area contributed by atoms with E-state index in [4.69, 9.17) is 0 Å². The molecule has 2 aliphatic carbocycles. The van der Waals surface area contributed by atoms with Gasteiger partial charge in [0.25, 0.3) is 0 Å². The standard InChI is InChI=1S/C40H52NSi/c1-29-37(31-18-12-8-13-19-31)27-33(30-16-10-7-11-17-30)28-38(29)39-36-23-22-35(26-32(36)24-25-41(39)4)42(5,6)40(2,3)34-20-14-9-15-21-34/h9,14-15,20-28,30-31H,7-8,10-13,16-19H2,1-6H3/q+1. The molecule has 42 heavy (non-hydrogen) atoms. The van der Waals surface area contributed by atoms with Crippen LogP contribution in [0.3, 0.4) is 0 Å². The van der Waals surface area contributed by atoms with Crippen molar-refractivity contribution >= 4 is 24.0 Å².